The molecule has 4 nitrogen and oxygen atoms in total. The molecular formula is C14H16BrClFN3O. The minimum absolute atomic E-state index is 0.0371. The van der Waals surface area contributed by atoms with Gasteiger partial charge in [-0.3, -0.25) is 4.79 Å². The average Bonchev–Trinajstić information content (AvgIpc) is 2.67. The second-order valence-corrected chi connectivity index (χ2v) is 6.66. The van der Waals surface area contributed by atoms with Gasteiger partial charge in [-0.2, -0.15) is 0 Å². The molecule has 1 heterocycles. The van der Waals surface area contributed by atoms with Crippen LogP contribution < -0.4 is 5.32 Å². The summed E-state index contributed by atoms with van der Waals surface area (Å²) < 4.78 is 15.8. The zero-order chi connectivity index (χ0) is 15.7. The minimum Gasteiger partial charge on any atom is -0.352 e. The molecular weight excluding hydrogens is 361 g/mol. The highest BCUT2D eigenvalue weighted by Crippen LogP contribution is 2.28. The van der Waals surface area contributed by atoms with Crippen LogP contribution in [0, 0.1) is 5.82 Å². The molecule has 0 fully saturated rings. The molecule has 2 aromatic rings. The van der Waals surface area contributed by atoms with Crippen molar-refractivity contribution in [3.63, 3.8) is 0 Å². The molecule has 1 unspecified atom stereocenters. The summed E-state index contributed by atoms with van der Waals surface area (Å²) in [4.78, 5) is 16.4. The van der Waals surface area contributed by atoms with E-state index in [0.29, 0.717) is 21.3 Å². The Labute approximate surface area is 135 Å². The van der Waals surface area contributed by atoms with Gasteiger partial charge in [0, 0.05) is 12.1 Å². The van der Waals surface area contributed by atoms with E-state index >= 15 is 0 Å². The van der Waals surface area contributed by atoms with Gasteiger partial charge in [0.1, 0.15) is 18.2 Å². The van der Waals surface area contributed by atoms with E-state index in [1.165, 1.54) is 6.07 Å². The Morgan fingerprint density at radius 3 is 2.71 bits per heavy atom. The van der Waals surface area contributed by atoms with E-state index < -0.39 is 5.82 Å². The van der Waals surface area contributed by atoms with Gasteiger partial charge in [0.25, 0.3) is 0 Å². The van der Waals surface area contributed by atoms with E-state index in [1.54, 1.807) is 17.6 Å². The van der Waals surface area contributed by atoms with Gasteiger partial charge >= 0.3 is 0 Å². The quantitative estimate of drug-likeness (QED) is 0.826. The molecule has 1 amide bonds. The number of benzene rings is 1. The fraction of sp³-hybridized carbons (Fsp3) is 0.429. The highest BCUT2D eigenvalue weighted by molar-refractivity contribution is 9.10. The molecule has 7 heteroatoms. The molecule has 0 aliphatic carbocycles. The molecule has 0 spiro atoms. The van der Waals surface area contributed by atoms with E-state index in [1.807, 2.05) is 13.8 Å². The second-order valence-electron chi connectivity index (χ2n) is 5.15. The van der Waals surface area contributed by atoms with Gasteiger partial charge in [0.2, 0.25) is 5.91 Å². The Bertz CT molecular complexity index is 684. The lowest BCUT2D eigenvalue weighted by atomic mass is 10.3. The summed E-state index contributed by atoms with van der Waals surface area (Å²) in [6.45, 7) is 5.59. The van der Waals surface area contributed by atoms with Crippen LogP contribution in [-0.4, -0.2) is 21.5 Å². The number of rotatable bonds is 4. The first-order valence-corrected chi connectivity index (χ1v) is 7.81. The molecule has 2 rings (SSSR count). The number of halogens is 3. The van der Waals surface area contributed by atoms with Gasteiger partial charge in [-0.15, -0.1) is 11.6 Å². The summed E-state index contributed by atoms with van der Waals surface area (Å²) >= 11 is 9.26. The van der Waals surface area contributed by atoms with Crippen molar-refractivity contribution >= 4 is 44.5 Å². The van der Waals surface area contributed by atoms with Crippen molar-refractivity contribution in [2.75, 3.05) is 0 Å². The van der Waals surface area contributed by atoms with Crippen LogP contribution in [0.3, 0.4) is 0 Å². The van der Waals surface area contributed by atoms with E-state index in [4.69, 9.17) is 11.6 Å². The van der Waals surface area contributed by atoms with Crippen molar-refractivity contribution in [1.82, 2.24) is 14.9 Å². The van der Waals surface area contributed by atoms with Crippen molar-refractivity contribution in [1.29, 1.82) is 0 Å². The maximum Gasteiger partial charge on any atom is 0.240 e. The Kier molecular flexibility index (Phi) is 4.88. The fourth-order valence-corrected chi connectivity index (χ4v) is 2.62. The van der Waals surface area contributed by atoms with E-state index in [2.05, 4.69) is 26.2 Å². The molecule has 0 aliphatic rings. The molecule has 0 bridgehead atoms. The van der Waals surface area contributed by atoms with Gasteiger partial charge in [0.15, 0.2) is 0 Å². The monoisotopic (exact) mass is 375 g/mol. The number of amides is 1. The van der Waals surface area contributed by atoms with Crippen molar-refractivity contribution in [3.8, 4) is 0 Å². The summed E-state index contributed by atoms with van der Waals surface area (Å²) in [6, 6.07) is 2.98. The van der Waals surface area contributed by atoms with Crippen LogP contribution in [-0.2, 0) is 11.3 Å². The van der Waals surface area contributed by atoms with E-state index in [9.17, 15) is 9.18 Å². The number of imidazole rings is 1. The number of carbonyl (C=O) groups is 1. The predicted molar refractivity (Wildman–Crippen MR) is 84.9 cm³/mol. The number of carbonyl (C=O) groups excluding carboxylic acids is 1. The molecule has 0 saturated heterocycles. The normalized spacial score (nSPS) is 12.9. The number of fused-ring (bicyclic) bond motifs is 1. The van der Waals surface area contributed by atoms with E-state index in [-0.39, 0.29) is 23.9 Å². The van der Waals surface area contributed by atoms with Crippen LogP contribution in [0.1, 0.15) is 32.0 Å². The number of hydrogen-bond acceptors (Lipinski definition) is 2. The number of aromatic nitrogens is 2. The van der Waals surface area contributed by atoms with Gasteiger partial charge in [-0.1, -0.05) is 0 Å². The minimum atomic E-state index is -0.401. The fourth-order valence-electron chi connectivity index (χ4n) is 2.12. The first-order valence-electron chi connectivity index (χ1n) is 6.58. The van der Waals surface area contributed by atoms with Crippen LogP contribution in [0.25, 0.3) is 11.0 Å². The third-order valence-corrected chi connectivity index (χ3v) is 3.73. The summed E-state index contributed by atoms with van der Waals surface area (Å²) in [7, 11) is 0. The van der Waals surface area contributed by atoms with Gasteiger partial charge in [-0.05, 0) is 42.8 Å². The van der Waals surface area contributed by atoms with Crippen LogP contribution in [0.5, 0.6) is 0 Å². The molecule has 0 saturated carbocycles. The average molecular weight is 377 g/mol. The molecule has 21 heavy (non-hydrogen) atoms. The van der Waals surface area contributed by atoms with Crippen molar-refractivity contribution in [3.05, 3.63) is 28.2 Å². The number of nitrogens with one attached hydrogen (secondary N) is 1. The van der Waals surface area contributed by atoms with Crippen molar-refractivity contribution in [2.24, 2.45) is 0 Å². The Balaban J connectivity index is 2.50. The zero-order valence-corrected chi connectivity index (χ0v) is 14.3. The van der Waals surface area contributed by atoms with Gasteiger partial charge in [-0.25, -0.2) is 9.37 Å². The largest absolute Gasteiger partial charge is 0.352 e. The first kappa shape index (κ1) is 16.2. The lowest BCUT2D eigenvalue weighted by molar-refractivity contribution is -0.122. The first-order chi connectivity index (χ1) is 9.79. The molecule has 1 aromatic heterocycles. The second kappa shape index (κ2) is 6.32. The van der Waals surface area contributed by atoms with Gasteiger partial charge < -0.3 is 9.88 Å². The molecule has 0 radical (unpaired) electrons. The van der Waals surface area contributed by atoms with Crippen molar-refractivity contribution < 1.29 is 9.18 Å². The lowest BCUT2D eigenvalue weighted by Crippen LogP contribution is -2.33. The third kappa shape index (κ3) is 3.55. The molecule has 1 aromatic carbocycles. The SMILES string of the molecule is CC(C)NC(=O)Cn1c(C(C)Cl)nc2cc(Br)c(F)cc21. The summed E-state index contributed by atoms with van der Waals surface area (Å²) in [5.41, 5.74) is 1.15. The number of hydrogen-bond donors (Lipinski definition) is 1. The van der Waals surface area contributed by atoms with E-state index in [0.717, 1.165) is 0 Å². The van der Waals surface area contributed by atoms with Crippen LogP contribution in [0.2, 0.25) is 0 Å². The number of alkyl halides is 1. The van der Waals surface area contributed by atoms with Gasteiger partial charge in [0.05, 0.1) is 20.9 Å². The maximum absolute atomic E-state index is 13.8. The van der Waals surface area contributed by atoms with Crippen molar-refractivity contribution in [2.45, 2.75) is 38.7 Å². The Morgan fingerprint density at radius 1 is 1.48 bits per heavy atom. The third-order valence-electron chi connectivity index (χ3n) is 2.93. The topological polar surface area (TPSA) is 46.9 Å². The molecule has 1 N–H and O–H groups in total. The smallest absolute Gasteiger partial charge is 0.240 e. The van der Waals surface area contributed by atoms with Crippen LogP contribution in [0.4, 0.5) is 4.39 Å². The summed E-state index contributed by atoms with van der Waals surface area (Å²) in [5.74, 6) is -0.0176. The Hall–Kier alpha value is -1.14. The molecule has 0 aliphatic heterocycles. The van der Waals surface area contributed by atoms with Crippen LogP contribution >= 0.6 is 27.5 Å². The predicted octanol–water partition coefficient (Wildman–Crippen LogP) is 3.76. The van der Waals surface area contributed by atoms with Crippen LogP contribution in [0.15, 0.2) is 16.6 Å². The maximum atomic E-state index is 13.8. The number of nitrogens with zero attached hydrogens (tertiary/aromatic N) is 2. The highest BCUT2D eigenvalue weighted by atomic mass is 79.9. The summed E-state index contributed by atoms with van der Waals surface area (Å²) in [5, 5.41) is 2.42. The molecule has 114 valence electrons. The highest BCUT2D eigenvalue weighted by Gasteiger charge is 2.19. The molecule has 1 atom stereocenters. The lowest BCUT2D eigenvalue weighted by Gasteiger charge is -2.12. The zero-order valence-electron chi connectivity index (χ0n) is 12.0. The Morgan fingerprint density at radius 2 is 2.14 bits per heavy atom. The standard InChI is InChI=1S/C14H16BrClFN3O/c1-7(2)18-13(21)6-20-12-5-10(17)9(15)4-11(12)19-14(20)8(3)16/h4-5,7-8H,6H2,1-3H3,(H,18,21). The summed E-state index contributed by atoms with van der Waals surface area (Å²) in [6.07, 6.45) is 0.